The number of hydrogen-bond donors (Lipinski definition) is 1. The first-order chi connectivity index (χ1) is 9.61. The van der Waals surface area contributed by atoms with Gasteiger partial charge in [0.15, 0.2) is 0 Å². The van der Waals surface area contributed by atoms with Gasteiger partial charge in [0.25, 0.3) is 0 Å². The Morgan fingerprint density at radius 1 is 1.40 bits per heavy atom. The second kappa shape index (κ2) is 10.6. The van der Waals surface area contributed by atoms with Gasteiger partial charge in [-0.2, -0.15) is 0 Å². The van der Waals surface area contributed by atoms with Gasteiger partial charge in [0, 0.05) is 39.3 Å². The molecule has 0 amide bonds. The van der Waals surface area contributed by atoms with Crippen LogP contribution in [0.1, 0.15) is 33.6 Å². The number of rotatable bonds is 10. The van der Waals surface area contributed by atoms with E-state index in [1.54, 1.807) is 0 Å². The molecule has 4 heteroatoms. The zero-order valence-electron chi connectivity index (χ0n) is 14.0. The van der Waals surface area contributed by atoms with Crippen molar-refractivity contribution in [3.63, 3.8) is 0 Å². The van der Waals surface area contributed by atoms with E-state index in [0.717, 1.165) is 51.8 Å². The van der Waals surface area contributed by atoms with Crippen LogP contribution < -0.4 is 5.32 Å². The summed E-state index contributed by atoms with van der Waals surface area (Å²) in [5.74, 6) is 0.750. The predicted octanol–water partition coefficient (Wildman–Crippen LogP) is 1.66. The lowest BCUT2D eigenvalue weighted by Gasteiger charge is -2.34. The number of hydrogen-bond acceptors (Lipinski definition) is 4. The number of nitrogens with one attached hydrogen (secondary N) is 1. The number of morpholine rings is 1. The van der Waals surface area contributed by atoms with Crippen molar-refractivity contribution in [3.05, 3.63) is 0 Å². The fourth-order valence-electron chi connectivity index (χ4n) is 2.70. The van der Waals surface area contributed by atoms with Gasteiger partial charge in [0.2, 0.25) is 0 Å². The molecular weight excluding hydrogens is 250 g/mol. The Kier molecular flexibility index (Phi) is 9.44. The van der Waals surface area contributed by atoms with E-state index in [4.69, 9.17) is 4.74 Å². The highest BCUT2D eigenvalue weighted by Gasteiger charge is 2.20. The van der Waals surface area contributed by atoms with Crippen molar-refractivity contribution in [2.75, 3.05) is 59.5 Å². The van der Waals surface area contributed by atoms with Crippen LogP contribution in [0.2, 0.25) is 0 Å². The van der Waals surface area contributed by atoms with Crippen molar-refractivity contribution in [2.45, 2.75) is 39.7 Å². The summed E-state index contributed by atoms with van der Waals surface area (Å²) in [6, 6.07) is 0. The Balaban J connectivity index is 2.13. The van der Waals surface area contributed by atoms with E-state index in [-0.39, 0.29) is 0 Å². The number of ether oxygens (including phenoxy) is 1. The predicted molar refractivity (Wildman–Crippen MR) is 86.3 cm³/mol. The lowest BCUT2D eigenvalue weighted by molar-refractivity contribution is -0.0288. The van der Waals surface area contributed by atoms with Crippen LogP contribution in [0.15, 0.2) is 0 Å². The summed E-state index contributed by atoms with van der Waals surface area (Å²) in [4.78, 5) is 4.99. The van der Waals surface area contributed by atoms with Crippen LogP contribution in [0.25, 0.3) is 0 Å². The summed E-state index contributed by atoms with van der Waals surface area (Å²) in [7, 11) is 2.23. The van der Waals surface area contributed by atoms with Crippen LogP contribution in [-0.4, -0.2) is 75.4 Å². The first kappa shape index (κ1) is 17.9. The summed E-state index contributed by atoms with van der Waals surface area (Å²) < 4.78 is 5.84. The summed E-state index contributed by atoms with van der Waals surface area (Å²) in [5.41, 5.74) is 0. The van der Waals surface area contributed by atoms with Gasteiger partial charge >= 0.3 is 0 Å². The summed E-state index contributed by atoms with van der Waals surface area (Å²) >= 11 is 0. The Morgan fingerprint density at radius 3 is 2.90 bits per heavy atom. The van der Waals surface area contributed by atoms with Crippen LogP contribution in [0.4, 0.5) is 0 Å². The number of unbranched alkanes of at least 4 members (excludes halogenated alkanes) is 1. The molecule has 1 heterocycles. The highest BCUT2D eigenvalue weighted by Crippen LogP contribution is 2.05. The van der Waals surface area contributed by atoms with Crippen LogP contribution in [0, 0.1) is 5.92 Å². The number of likely N-dealkylation sites (N-methyl/N-ethyl adjacent to an activating group) is 1. The molecule has 120 valence electrons. The average molecular weight is 285 g/mol. The Morgan fingerprint density at radius 2 is 2.20 bits per heavy atom. The molecule has 1 unspecified atom stereocenters. The highest BCUT2D eigenvalue weighted by atomic mass is 16.5. The third-order valence-electron chi connectivity index (χ3n) is 3.78. The molecule has 0 aromatic rings. The van der Waals surface area contributed by atoms with E-state index in [2.05, 4.69) is 42.9 Å². The molecule has 0 saturated carbocycles. The molecule has 0 aromatic carbocycles. The molecule has 1 atom stereocenters. The molecule has 20 heavy (non-hydrogen) atoms. The van der Waals surface area contributed by atoms with E-state index in [0.29, 0.717) is 6.10 Å². The fraction of sp³-hybridized carbons (Fsp3) is 1.00. The molecule has 0 aromatic heterocycles. The van der Waals surface area contributed by atoms with Crippen LogP contribution >= 0.6 is 0 Å². The van der Waals surface area contributed by atoms with Gasteiger partial charge < -0.3 is 15.0 Å². The van der Waals surface area contributed by atoms with Gasteiger partial charge in [0.05, 0.1) is 12.7 Å². The van der Waals surface area contributed by atoms with Crippen LogP contribution in [0.5, 0.6) is 0 Å². The first-order valence-electron chi connectivity index (χ1n) is 8.35. The molecule has 1 aliphatic rings. The quantitative estimate of drug-likeness (QED) is 0.618. The zero-order valence-corrected chi connectivity index (χ0v) is 14.0. The fourth-order valence-corrected chi connectivity index (χ4v) is 2.70. The van der Waals surface area contributed by atoms with Gasteiger partial charge in [-0.25, -0.2) is 0 Å². The third kappa shape index (κ3) is 8.20. The Bertz CT molecular complexity index is 236. The molecule has 1 saturated heterocycles. The van der Waals surface area contributed by atoms with Crippen molar-refractivity contribution in [1.29, 1.82) is 0 Å². The van der Waals surface area contributed by atoms with Crippen LogP contribution in [0.3, 0.4) is 0 Å². The van der Waals surface area contributed by atoms with E-state index in [1.165, 1.54) is 19.4 Å². The molecule has 1 fully saturated rings. The summed E-state index contributed by atoms with van der Waals surface area (Å²) in [6.45, 7) is 15.5. The van der Waals surface area contributed by atoms with Gasteiger partial charge in [-0.3, -0.25) is 4.90 Å². The monoisotopic (exact) mass is 285 g/mol. The Labute approximate surface area is 125 Å². The smallest absolute Gasteiger partial charge is 0.0826 e. The van der Waals surface area contributed by atoms with Crippen molar-refractivity contribution >= 4 is 0 Å². The SMILES string of the molecule is CCCCNCC1CN(CCN(C)CC(C)C)CCO1. The average Bonchev–Trinajstić information content (AvgIpc) is 2.41. The maximum Gasteiger partial charge on any atom is 0.0826 e. The highest BCUT2D eigenvalue weighted by molar-refractivity contribution is 4.74. The molecule has 0 radical (unpaired) electrons. The van der Waals surface area contributed by atoms with Crippen molar-refractivity contribution < 1.29 is 4.74 Å². The van der Waals surface area contributed by atoms with Gasteiger partial charge in [-0.05, 0) is 25.9 Å². The maximum atomic E-state index is 5.84. The molecule has 1 aliphatic heterocycles. The maximum absolute atomic E-state index is 5.84. The van der Waals surface area contributed by atoms with E-state index in [1.807, 2.05) is 0 Å². The minimum Gasteiger partial charge on any atom is -0.374 e. The summed E-state index contributed by atoms with van der Waals surface area (Å²) in [5, 5.41) is 3.51. The van der Waals surface area contributed by atoms with Crippen molar-refractivity contribution in [1.82, 2.24) is 15.1 Å². The molecular formula is C16H35N3O. The zero-order chi connectivity index (χ0) is 14.8. The van der Waals surface area contributed by atoms with Crippen molar-refractivity contribution in [3.8, 4) is 0 Å². The normalized spacial score (nSPS) is 21.0. The van der Waals surface area contributed by atoms with Gasteiger partial charge in [0.1, 0.15) is 0 Å². The lowest BCUT2D eigenvalue weighted by atomic mass is 10.2. The van der Waals surface area contributed by atoms with E-state index < -0.39 is 0 Å². The molecule has 0 aliphatic carbocycles. The molecule has 4 nitrogen and oxygen atoms in total. The van der Waals surface area contributed by atoms with Gasteiger partial charge in [-0.15, -0.1) is 0 Å². The largest absolute Gasteiger partial charge is 0.374 e. The molecule has 1 N–H and O–H groups in total. The number of nitrogens with zero attached hydrogens (tertiary/aromatic N) is 2. The molecule has 0 spiro atoms. The Hall–Kier alpha value is -0.160. The van der Waals surface area contributed by atoms with E-state index in [9.17, 15) is 0 Å². The topological polar surface area (TPSA) is 27.7 Å². The molecule has 1 rings (SSSR count). The third-order valence-corrected chi connectivity index (χ3v) is 3.78. The molecule has 0 bridgehead atoms. The standard InChI is InChI=1S/C16H35N3O/c1-5-6-7-17-12-16-14-19(10-11-20-16)9-8-18(4)13-15(2)3/h15-17H,5-14H2,1-4H3. The van der Waals surface area contributed by atoms with Crippen molar-refractivity contribution in [2.24, 2.45) is 5.92 Å². The van der Waals surface area contributed by atoms with E-state index >= 15 is 0 Å². The minimum atomic E-state index is 0.371. The minimum absolute atomic E-state index is 0.371. The lowest BCUT2D eigenvalue weighted by Crippen LogP contribution is -2.48. The van der Waals surface area contributed by atoms with Crippen LogP contribution in [-0.2, 0) is 4.74 Å². The second-order valence-electron chi connectivity index (χ2n) is 6.51. The first-order valence-corrected chi connectivity index (χ1v) is 8.35. The second-order valence-corrected chi connectivity index (χ2v) is 6.51. The summed E-state index contributed by atoms with van der Waals surface area (Å²) in [6.07, 6.45) is 2.89. The van der Waals surface area contributed by atoms with Gasteiger partial charge in [-0.1, -0.05) is 27.2 Å².